The predicted octanol–water partition coefficient (Wildman–Crippen LogP) is 3.84. The first kappa shape index (κ1) is 25.5. The number of nitrogens with zero attached hydrogens (tertiary/aromatic N) is 3. The van der Waals surface area contributed by atoms with Crippen molar-refractivity contribution in [2.45, 2.75) is 18.7 Å². The van der Waals surface area contributed by atoms with Gasteiger partial charge in [-0.2, -0.15) is 0 Å². The van der Waals surface area contributed by atoms with E-state index in [1.165, 1.54) is 43.8 Å². The van der Waals surface area contributed by atoms with E-state index in [1.807, 2.05) is 0 Å². The molecule has 0 saturated carbocycles. The largest absolute Gasteiger partial charge is 0.465 e. The van der Waals surface area contributed by atoms with Crippen LogP contribution in [-0.2, 0) is 19.5 Å². The Bertz CT molecular complexity index is 1590. The first-order valence-electron chi connectivity index (χ1n) is 11.1. The molecule has 2 aromatic heterocycles. The Balaban J connectivity index is 1.71. The van der Waals surface area contributed by atoms with Crippen LogP contribution in [0.3, 0.4) is 0 Å². The number of methoxy groups -OCH3 is 1. The molecule has 4 aromatic rings. The zero-order valence-corrected chi connectivity index (χ0v) is 21.0. The van der Waals surface area contributed by atoms with E-state index in [0.717, 1.165) is 0 Å². The summed E-state index contributed by atoms with van der Waals surface area (Å²) in [5.74, 6) is -1.19. The summed E-state index contributed by atoms with van der Waals surface area (Å²) in [4.78, 5) is 37.0. The molecular formula is C25H23N5O6S. The van der Waals surface area contributed by atoms with E-state index in [4.69, 9.17) is 9.47 Å². The normalized spacial score (nSPS) is 11.1. The third-order valence-electron chi connectivity index (χ3n) is 5.24. The molecule has 0 bridgehead atoms. The number of carbonyl (C=O) groups is 2. The van der Waals surface area contributed by atoms with Crippen molar-refractivity contribution in [3.8, 4) is 0 Å². The molecule has 0 atom stereocenters. The van der Waals surface area contributed by atoms with Crippen LogP contribution in [-0.4, -0.2) is 49.0 Å². The van der Waals surface area contributed by atoms with Gasteiger partial charge >= 0.3 is 11.9 Å². The van der Waals surface area contributed by atoms with Crippen LogP contribution in [0.15, 0.2) is 65.8 Å². The number of benzene rings is 2. The Labute approximate surface area is 212 Å². The Morgan fingerprint density at radius 1 is 1.00 bits per heavy atom. The minimum Gasteiger partial charge on any atom is -0.465 e. The summed E-state index contributed by atoms with van der Waals surface area (Å²) < 4.78 is 37.9. The summed E-state index contributed by atoms with van der Waals surface area (Å²) in [5.41, 5.74) is 2.37. The van der Waals surface area contributed by atoms with E-state index in [-0.39, 0.29) is 28.6 Å². The van der Waals surface area contributed by atoms with Crippen molar-refractivity contribution < 1.29 is 27.5 Å². The summed E-state index contributed by atoms with van der Waals surface area (Å²) in [6, 6.07) is 12.3. The summed E-state index contributed by atoms with van der Waals surface area (Å²) in [6.45, 7) is 3.56. The highest BCUT2D eigenvalue weighted by Gasteiger charge is 2.20. The second-order valence-corrected chi connectivity index (χ2v) is 9.45. The molecule has 2 N–H and O–H groups in total. The van der Waals surface area contributed by atoms with Gasteiger partial charge in [-0.05, 0) is 62.4 Å². The van der Waals surface area contributed by atoms with Gasteiger partial charge in [-0.1, -0.05) is 0 Å². The van der Waals surface area contributed by atoms with Crippen LogP contribution >= 0.6 is 0 Å². The van der Waals surface area contributed by atoms with Gasteiger partial charge in [-0.15, -0.1) is 0 Å². The maximum atomic E-state index is 12.8. The van der Waals surface area contributed by atoms with Crippen molar-refractivity contribution in [2.24, 2.45) is 0 Å². The fourth-order valence-corrected chi connectivity index (χ4v) is 4.43. The van der Waals surface area contributed by atoms with Crippen molar-refractivity contribution in [1.29, 1.82) is 0 Å². The Kier molecular flexibility index (Phi) is 7.30. The molecule has 0 aliphatic rings. The fraction of sp³-hybridized carbons (Fsp3) is 0.160. The van der Waals surface area contributed by atoms with Gasteiger partial charge in [0.1, 0.15) is 5.56 Å². The number of pyridine rings is 1. The maximum Gasteiger partial charge on any atom is 0.341 e. The minimum absolute atomic E-state index is 0.0127. The summed E-state index contributed by atoms with van der Waals surface area (Å²) in [5, 5.41) is 3.62. The molecular weight excluding hydrogens is 498 g/mol. The lowest BCUT2D eigenvalue weighted by Crippen LogP contribution is -2.15. The number of carbonyl (C=O) groups excluding carboxylic acids is 2. The van der Waals surface area contributed by atoms with Crippen molar-refractivity contribution >= 4 is 50.2 Å². The summed E-state index contributed by atoms with van der Waals surface area (Å²) in [7, 11) is -2.67. The monoisotopic (exact) mass is 521 g/mol. The third kappa shape index (κ3) is 5.64. The molecule has 0 aliphatic carbocycles. The summed E-state index contributed by atoms with van der Waals surface area (Å²) in [6.07, 6.45) is 2.84. The van der Waals surface area contributed by atoms with Gasteiger partial charge < -0.3 is 14.8 Å². The van der Waals surface area contributed by atoms with Gasteiger partial charge in [0.05, 0.1) is 35.4 Å². The van der Waals surface area contributed by atoms with Gasteiger partial charge in [0.2, 0.25) is 5.95 Å². The molecule has 2 heterocycles. The highest BCUT2D eigenvalue weighted by molar-refractivity contribution is 7.92. The van der Waals surface area contributed by atoms with E-state index < -0.39 is 22.0 Å². The number of hydrogen-bond donors (Lipinski definition) is 2. The maximum absolute atomic E-state index is 12.8. The Hall–Kier alpha value is -4.58. The molecule has 0 saturated heterocycles. The molecule has 0 radical (unpaired) electrons. The number of esters is 2. The Morgan fingerprint density at radius 3 is 2.43 bits per heavy atom. The van der Waals surface area contributed by atoms with Crippen LogP contribution < -0.4 is 10.0 Å². The zero-order valence-electron chi connectivity index (χ0n) is 20.2. The number of sulfonamides is 1. The highest BCUT2D eigenvalue weighted by Crippen LogP contribution is 2.31. The average Bonchev–Trinajstić information content (AvgIpc) is 2.88. The van der Waals surface area contributed by atoms with Crippen molar-refractivity contribution in [1.82, 2.24) is 15.0 Å². The van der Waals surface area contributed by atoms with Gasteiger partial charge in [0.25, 0.3) is 10.0 Å². The number of hydrogen-bond acceptors (Lipinski definition) is 10. The van der Waals surface area contributed by atoms with Gasteiger partial charge in [-0.25, -0.2) is 32.7 Å². The van der Waals surface area contributed by atoms with E-state index in [1.54, 1.807) is 38.1 Å². The highest BCUT2D eigenvalue weighted by atomic mass is 32.2. The fourth-order valence-electron chi connectivity index (χ4n) is 3.47. The average molecular weight is 522 g/mol. The lowest BCUT2D eigenvalue weighted by Gasteiger charge is -2.15. The molecule has 4 rings (SSSR count). The lowest BCUT2D eigenvalue weighted by atomic mass is 10.1. The van der Waals surface area contributed by atoms with Gasteiger partial charge in [0, 0.05) is 29.2 Å². The number of anilines is 3. The van der Waals surface area contributed by atoms with Crippen LogP contribution in [0.4, 0.5) is 17.3 Å². The number of nitrogens with one attached hydrogen (secondary N) is 2. The van der Waals surface area contributed by atoms with Gasteiger partial charge in [-0.3, -0.25) is 4.98 Å². The molecule has 11 nitrogen and oxygen atoms in total. The number of rotatable bonds is 8. The first-order chi connectivity index (χ1) is 17.7. The molecule has 0 unspecified atom stereocenters. The smallest absolute Gasteiger partial charge is 0.341 e. The van der Waals surface area contributed by atoms with E-state index in [9.17, 15) is 18.0 Å². The summed E-state index contributed by atoms with van der Waals surface area (Å²) >= 11 is 0. The number of aromatic nitrogens is 3. The van der Waals surface area contributed by atoms with Crippen LogP contribution in [0.5, 0.6) is 0 Å². The number of ether oxygens (including phenoxy) is 2. The molecule has 190 valence electrons. The topological polar surface area (TPSA) is 149 Å². The van der Waals surface area contributed by atoms with Crippen LogP contribution in [0.25, 0.3) is 10.9 Å². The predicted molar refractivity (Wildman–Crippen MR) is 136 cm³/mol. The molecule has 2 aromatic carbocycles. The molecule has 0 aliphatic heterocycles. The van der Waals surface area contributed by atoms with Crippen LogP contribution in [0.2, 0.25) is 0 Å². The number of aryl methyl sites for hydroxylation is 1. The van der Waals surface area contributed by atoms with Crippen molar-refractivity contribution in [3.05, 3.63) is 77.7 Å². The zero-order chi connectivity index (χ0) is 26.6. The molecule has 0 spiro atoms. The van der Waals surface area contributed by atoms with Crippen molar-refractivity contribution in [2.75, 3.05) is 23.8 Å². The Morgan fingerprint density at radius 2 is 1.76 bits per heavy atom. The quantitative estimate of drug-likeness (QED) is 0.327. The number of fused-ring (bicyclic) bond motifs is 1. The van der Waals surface area contributed by atoms with Gasteiger partial charge in [0.15, 0.2) is 0 Å². The lowest BCUT2D eigenvalue weighted by molar-refractivity contribution is 0.0526. The molecule has 0 amide bonds. The van der Waals surface area contributed by atoms with Crippen LogP contribution in [0, 0.1) is 6.92 Å². The van der Waals surface area contributed by atoms with Crippen LogP contribution in [0.1, 0.15) is 33.3 Å². The third-order valence-corrected chi connectivity index (χ3v) is 6.58. The minimum atomic E-state index is -3.94. The SMILES string of the molecule is CCOC(=O)c1cnc2ccc(C(=O)OC)cc2c1Nc1ccc(S(=O)(=O)Nc2nccc(C)n2)cc1. The van der Waals surface area contributed by atoms with E-state index in [2.05, 4.69) is 25.0 Å². The second-order valence-electron chi connectivity index (χ2n) is 7.77. The molecule has 37 heavy (non-hydrogen) atoms. The van der Waals surface area contributed by atoms with E-state index in [0.29, 0.717) is 28.0 Å². The van der Waals surface area contributed by atoms with Crippen molar-refractivity contribution in [3.63, 3.8) is 0 Å². The first-order valence-corrected chi connectivity index (χ1v) is 12.6. The second kappa shape index (κ2) is 10.6. The van der Waals surface area contributed by atoms with E-state index >= 15 is 0 Å². The standard InChI is InChI=1S/C25H23N5O6S/c1-4-36-24(32)20-14-27-21-10-5-16(23(31)35-3)13-19(21)22(20)29-17-6-8-18(9-7-17)37(33,34)30-25-26-12-11-15(2)28-25/h5-14H,4H2,1-3H3,(H,27,29)(H,26,28,30). The molecule has 12 heteroatoms. The molecule has 0 fully saturated rings.